The summed E-state index contributed by atoms with van der Waals surface area (Å²) in [5, 5.41) is 0. The second-order valence-corrected chi connectivity index (χ2v) is 5.37. The van der Waals surface area contributed by atoms with Gasteiger partial charge in [-0.05, 0) is 49.4 Å². The molecule has 0 aromatic heterocycles. The Kier molecular flexibility index (Phi) is 2.42. The molecule has 0 aromatic carbocycles. The highest BCUT2D eigenvalue weighted by molar-refractivity contribution is 5.13. The van der Waals surface area contributed by atoms with Crippen molar-refractivity contribution >= 4 is 0 Å². The summed E-state index contributed by atoms with van der Waals surface area (Å²) < 4.78 is 0. The van der Waals surface area contributed by atoms with E-state index in [9.17, 15) is 0 Å². The fourth-order valence-corrected chi connectivity index (χ4v) is 3.32. The topological polar surface area (TPSA) is 0 Å². The average Bonchev–Trinajstić information content (AvgIpc) is 3.01. The smallest absolute Gasteiger partial charge is 0.0241 e. The molecule has 2 aliphatic rings. The van der Waals surface area contributed by atoms with Crippen LogP contribution in [0.3, 0.4) is 0 Å². The Morgan fingerprint density at radius 2 is 1.46 bits per heavy atom. The van der Waals surface area contributed by atoms with Crippen LogP contribution in [-0.4, -0.2) is 0 Å². The zero-order valence-corrected chi connectivity index (χ0v) is 9.36. The summed E-state index contributed by atoms with van der Waals surface area (Å²) in [7, 11) is 0. The van der Waals surface area contributed by atoms with Gasteiger partial charge in [0, 0.05) is 0 Å². The number of hydrogen-bond donors (Lipinski definition) is 0. The van der Waals surface area contributed by atoms with Crippen molar-refractivity contribution in [3.63, 3.8) is 0 Å². The molecule has 2 fully saturated rings. The molecule has 0 unspecified atom stereocenters. The lowest BCUT2D eigenvalue weighted by Gasteiger charge is -2.25. The minimum atomic E-state index is 0.848. The zero-order valence-electron chi connectivity index (χ0n) is 9.36. The predicted octanol–water partition coefficient (Wildman–Crippen LogP) is 4.54. The van der Waals surface area contributed by atoms with E-state index in [4.69, 9.17) is 0 Å². The summed E-state index contributed by atoms with van der Waals surface area (Å²) in [6.45, 7) is 4.72. The van der Waals surface area contributed by atoms with Crippen molar-refractivity contribution in [2.75, 3.05) is 0 Å². The van der Waals surface area contributed by atoms with Crippen LogP contribution in [0.5, 0.6) is 0 Å². The minimum absolute atomic E-state index is 0.848. The van der Waals surface area contributed by atoms with E-state index in [1.807, 2.05) is 0 Å². The molecule has 0 radical (unpaired) electrons. The van der Waals surface area contributed by atoms with Crippen molar-refractivity contribution in [2.45, 2.75) is 71.6 Å². The normalized spacial score (nSPS) is 27.2. The van der Waals surface area contributed by atoms with Gasteiger partial charge in [-0.2, -0.15) is 0 Å². The minimum Gasteiger partial charge on any atom is -0.0654 e. The standard InChI is InChI=1S/C13H24/c1-3-5-6-7-13(10-11-13)12(4-2)8-9-12/h3-11H2,1-2H3. The highest BCUT2D eigenvalue weighted by atomic mass is 14.7. The molecule has 0 aliphatic heterocycles. The molecular weight excluding hydrogens is 156 g/mol. The van der Waals surface area contributed by atoms with Crippen LogP contribution in [0.1, 0.15) is 71.6 Å². The van der Waals surface area contributed by atoms with Crippen molar-refractivity contribution in [1.82, 2.24) is 0 Å². The molecule has 0 amide bonds. The summed E-state index contributed by atoms with van der Waals surface area (Å²) in [4.78, 5) is 0. The van der Waals surface area contributed by atoms with Gasteiger partial charge in [0.05, 0.1) is 0 Å². The molecule has 0 bridgehead atoms. The van der Waals surface area contributed by atoms with Gasteiger partial charge in [-0.1, -0.05) is 33.1 Å². The van der Waals surface area contributed by atoms with Gasteiger partial charge in [0.15, 0.2) is 0 Å². The quantitative estimate of drug-likeness (QED) is 0.526. The summed E-state index contributed by atoms with van der Waals surface area (Å²) in [5.74, 6) is 0. The Bertz CT molecular complexity index is 172. The van der Waals surface area contributed by atoms with E-state index in [1.165, 1.54) is 25.7 Å². The molecule has 0 N–H and O–H groups in total. The second-order valence-electron chi connectivity index (χ2n) is 5.37. The van der Waals surface area contributed by atoms with Crippen LogP contribution >= 0.6 is 0 Å². The molecule has 0 spiro atoms. The molecule has 0 aromatic rings. The Morgan fingerprint density at radius 1 is 0.846 bits per heavy atom. The average molecular weight is 180 g/mol. The fourth-order valence-electron chi connectivity index (χ4n) is 3.32. The second kappa shape index (κ2) is 3.29. The molecule has 0 heteroatoms. The van der Waals surface area contributed by atoms with Crippen molar-refractivity contribution < 1.29 is 0 Å². The SMILES string of the molecule is CCCCCC1(C2(CC)CC2)CC1. The fraction of sp³-hybridized carbons (Fsp3) is 1.00. The van der Waals surface area contributed by atoms with E-state index in [-0.39, 0.29) is 0 Å². The third-order valence-electron chi connectivity index (χ3n) is 4.77. The third-order valence-corrected chi connectivity index (χ3v) is 4.77. The van der Waals surface area contributed by atoms with Crippen molar-refractivity contribution in [3.05, 3.63) is 0 Å². The Labute approximate surface area is 83.1 Å². The Morgan fingerprint density at radius 3 is 1.85 bits per heavy atom. The molecule has 2 saturated carbocycles. The van der Waals surface area contributed by atoms with Gasteiger partial charge < -0.3 is 0 Å². The highest BCUT2D eigenvalue weighted by Crippen LogP contribution is 2.73. The van der Waals surface area contributed by atoms with E-state index in [0.29, 0.717) is 0 Å². The maximum atomic E-state index is 2.41. The lowest BCUT2D eigenvalue weighted by molar-refractivity contribution is 0.244. The van der Waals surface area contributed by atoms with Gasteiger partial charge in [0.25, 0.3) is 0 Å². The zero-order chi connectivity index (χ0) is 9.36. The molecule has 2 aliphatic carbocycles. The molecule has 76 valence electrons. The molecule has 0 atom stereocenters. The van der Waals surface area contributed by atoms with E-state index < -0.39 is 0 Å². The summed E-state index contributed by atoms with van der Waals surface area (Å²) >= 11 is 0. The van der Waals surface area contributed by atoms with Crippen LogP contribution in [0.4, 0.5) is 0 Å². The monoisotopic (exact) mass is 180 g/mol. The van der Waals surface area contributed by atoms with Gasteiger partial charge in [0.2, 0.25) is 0 Å². The first-order valence-corrected chi connectivity index (χ1v) is 6.29. The van der Waals surface area contributed by atoms with Crippen LogP contribution in [0.15, 0.2) is 0 Å². The first-order valence-electron chi connectivity index (χ1n) is 6.29. The van der Waals surface area contributed by atoms with Crippen molar-refractivity contribution in [3.8, 4) is 0 Å². The summed E-state index contributed by atoms with van der Waals surface area (Å²) in [6.07, 6.45) is 13.6. The largest absolute Gasteiger partial charge is 0.0654 e. The summed E-state index contributed by atoms with van der Waals surface area (Å²) in [5.41, 5.74) is 1.71. The van der Waals surface area contributed by atoms with Gasteiger partial charge in [-0.3, -0.25) is 0 Å². The van der Waals surface area contributed by atoms with Gasteiger partial charge >= 0.3 is 0 Å². The number of unbranched alkanes of at least 4 members (excludes halogenated alkanes) is 2. The predicted molar refractivity (Wildman–Crippen MR) is 57.8 cm³/mol. The van der Waals surface area contributed by atoms with E-state index >= 15 is 0 Å². The molecule has 0 saturated heterocycles. The summed E-state index contributed by atoms with van der Waals surface area (Å²) in [6, 6.07) is 0. The van der Waals surface area contributed by atoms with Gasteiger partial charge in [0.1, 0.15) is 0 Å². The first kappa shape index (κ1) is 9.55. The highest BCUT2D eigenvalue weighted by Gasteiger charge is 2.62. The lowest BCUT2D eigenvalue weighted by Crippen LogP contribution is -2.16. The van der Waals surface area contributed by atoms with Crippen molar-refractivity contribution in [1.29, 1.82) is 0 Å². The maximum Gasteiger partial charge on any atom is -0.0241 e. The van der Waals surface area contributed by atoms with Gasteiger partial charge in [-0.25, -0.2) is 0 Å². The van der Waals surface area contributed by atoms with E-state index in [0.717, 1.165) is 10.8 Å². The Balaban J connectivity index is 1.83. The molecule has 0 heterocycles. The lowest BCUT2D eigenvalue weighted by atomic mass is 9.79. The van der Waals surface area contributed by atoms with Crippen molar-refractivity contribution in [2.24, 2.45) is 10.8 Å². The Hall–Kier alpha value is 0. The number of rotatable bonds is 6. The van der Waals surface area contributed by atoms with E-state index in [2.05, 4.69) is 13.8 Å². The third kappa shape index (κ3) is 1.53. The molecule has 13 heavy (non-hydrogen) atoms. The first-order chi connectivity index (χ1) is 6.29. The van der Waals surface area contributed by atoms with Crippen LogP contribution in [0, 0.1) is 10.8 Å². The molecule has 2 rings (SSSR count). The van der Waals surface area contributed by atoms with Crippen LogP contribution in [0.25, 0.3) is 0 Å². The molecular formula is C13H24. The maximum absolute atomic E-state index is 2.41. The van der Waals surface area contributed by atoms with Gasteiger partial charge in [-0.15, -0.1) is 0 Å². The number of hydrogen-bond acceptors (Lipinski definition) is 0. The van der Waals surface area contributed by atoms with E-state index in [1.54, 1.807) is 32.1 Å². The van der Waals surface area contributed by atoms with Crippen LogP contribution in [-0.2, 0) is 0 Å². The van der Waals surface area contributed by atoms with Crippen LogP contribution < -0.4 is 0 Å². The van der Waals surface area contributed by atoms with Crippen LogP contribution in [0.2, 0.25) is 0 Å². The molecule has 0 nitrogen and oxygen atoms in total.